The van der Waals surface area contributed by atoms with Crippen LogP contribution in [0.15, 0.2) is 40.9 Å². The lowest BCUT2D eigenvalue weighted by molar-refractivity contribution is 0.410. The molecule has 0 heterocycles. The van der Waals surface area contributed by atoms with Gasteiger partial charge in [0.2, 0.25) is 0 Å². The van der Waals surface area contributed by atoms with Crippen LogP contribution in [0.1, 0.15) is 16.7 Å². The van der Waals surface area contributed by atoms with Gasteiger partial charge in [-0.15, -0.1) is 0 Å². The maximum absolute atomic E-state index is 5.39. The minimum Gasteiger partial charge on any atom is -0.496 e. The van der Waals surface area contributed by atoms with E-state index in [1.807, 2.05) is 12.1 Å². The topological polar surface area (TPSA) is 21.3 Å². The average Bonchev–Trinajstić information content (AvgIpc) is 2.38. The normalized spacial score (nSPS) is 10.3. The van der Waals surface area contributed by atoms with E-state index in [1.54, 1.807) is 7.11 Å². The zero-order valence-corrected chi connectivity index (χ0v) is 13.0. The third-order valence-electron chi connectivity index (χ3n) is 3.09. The summed E-state index contributed by atoms with van der Waals surface area (Å²) >= 11 is 3.48. The molecule has 0 aromatic heterocycles. The van der Waals surface area contributed by atoms with Crippen LogP contribution in [0.5, 0.6) is 5.75 Å². The van der Waals surface area contributed by atoms with Crippen LogP contribution < -0.4 is 10.1 Å². The fourth-order valence-corrected chi connectivity index (χ4v) is 2.54. The lowest BCUT2D eigenvalue weighted by atomic mass is 10.1. The number of methoxy groups -OCH3 is 1. The van der Waals surface area contributed by atoms with E-state index in [1.165, 1.54) is 16.7 Å². The third-order valence-corrected chi connectivity index (χ3v) is 3.59. The van der Waals surface area contributed by atoms with Crippen molar-refractivity contribution in [2.75, 3.05) is 12.4 Å². The molecule has 3 heteroatoms. The van der Waals surface area contributed by atoms with Gasteiger partial charge in [-0.2, -0.15) is 0 Å². The monoisotopic (exact) mass is 319 g/mol. The summed E-state index contributed by atoms with van der Waals surface area (Å²) in [5.41, 5.74) is 4.78. The van der Waals surface area contributed by atoms with E-state index in [4.69, 9.17) is 4.74 Å². The highest BCUT2D eigenvalue weighted by Gasteiger charge is 2.04. The number of anilines is 1. The first-order chi connectivity index (χ1) is 9.10. The number of hydrogen-bond donors (Lipinski definition) is 1. The smallest absolute Gasteiger partial charge is 0.123 e. The number of nitrogens with one attached hydrogen (secondary N) is 1. The Kier molecular flexibility index (Phi) is 4.48. The summed E-state index contributed by atoms with van der Waals surface area (Å²) in [6.45, 7) is 4.95. The van der Waals surface area contributed by atoms with Gasteiger partial charge in [0.25, 0.3) is 0 Å². The van der Waals surface area contributed by atoms with Gasteiger partial charge in [0.15, 0.2) is 0 Å². The highest BCUT2D eigenvalue weighted by atomic mass is 79.9. The second kappa shape index (κ2) is 6.11. The van der Waals surface area contributed by atoms with Crippen molar-refractivity contribution in [3.8, 4) is 5.75 Å². The molecule has 0 aliphatic carbocycles. The summed E-state index contributed by atoms with van der Waals surface area (Å²) in [5.74, 6) is 0.924. The van der Waals surface area contributed by atoms with Gasteiger partial charge in [-0.1, -0.05) is 33.6 Å². The highest BCUT2D eigenvalue weighted by molar-refractivity contribution is 9.10. The summed E-state index contributed by atoms with van der Waals surface area (Å²) in [4.78, 5) is 0. The first-order valence-corrected chi connectivity index (χ1v) is 7.03. The fraction of sp³-hybridized carbons (Fsp3) is 0.250. The molecule has 0 atom stereocenters. The van der Waals surface area contributed by atoms with Crippen LogP contribution in [0.3, 0.4) is 0 Å². The van der Waals surface area contributed by atoms with Crippen LogP contribution in [0.4, 0.5) is 5.69 Å². The number of hydrogen-bond acceptors (Lipinski definition) is 2. The number of halogens is 1. The van der Waals surface area contributed by atoms with Crippen molar-refractivity contribution in [2.45, 2.75) is 20.4 Å². The van der Waals surface area contributed by atoms with Crippen molar-refractivity contribution in [3.05, 3.63) is 57.6 Å². The summed E-state index contributed by atoms with van der Waals surface area (Å²) in [5, 5.41) is 3.46. The molecular formula is C16H18BrNO. The Hall–Kier alpha value is -1.48. The molecule has 0 aliphatic heterocycles. The van der Waals surface area contributed by atoms with Gasteiger partial charge in [0, 0.05) is 22.3 Å². The Morgan fingerprint density at radius 3 is 2.58 bits per heavy atom. The second-order valence-electron chi connectivity index (χ2n) is 4.63. The van der Waals surface area contributed by atoms with Crippen LogP contribution in [0, 0.1) is 13.8 Å². The Morgan fingerprint density at radius 2 is 1.89 bits per heavy atom. The molecule has 0 radical (unpaired) electrons. The first kappa shape index (κ1) is 13.9. The van der Waals surface area contributed by atoms with E-state index in [0.29, 0.717) is 0 Å². The van der Waals surface area contributed by atoms with Crippen molar-refractivity contribution in [3.63, 3.8) is 0 Å². The summed E-state index contributed by atoms with van der Waals surface area (Å²) in [6, 6.07) is 12.5. The van der Waals surface area contributed by atoms with Gasteiger partial charge in [-0.25, -0.2) is 0 Å². The molecule has 2 rings (SSSR count). The maximum atomic E-state index is 5.39. The predicted molar refractivity (Wildman–Crippen MR) is 83.9 cm³/mol. The molecule has 100 valence electrons. The summed E-state index contributed by atoms with van der Waals surface area (Å²) in [7, 11) is 1.71. The minimum absolute atomic E-state index is 0.757. The molecule has 2 aromatic rings. The standard InChI is InChI=1S/C16H18BrNO/c1-11-4-7-16(19-3)13(8-11)10-18-15-6-5-14(17)9-12(15)2/h4-9,18H,10H2,1-3H3. The molecule has 1 N–H and O–H groups in total. The Bertz CT molecular complexity index is 581. The highest BCUT2D eigenvalue weighted by Crippen LogP contribution is 2.24. The molecule has 0 saturated heterocycles. The predicted octanol–water partition coefficient (Wildman–Crippen LogP) is 4.69. The van der Waals surface area contributed by atoms with Crippen LogP contribution in [-0.2, 0) is 6.54 Å². The van der Waals surface area contributed by atoms with E-state index in [2.05, 4.69) is 59.4 Å². The molecule has 0 saturated carbocycles. The molecule has 0 amide bonds. The lowest BCUT2D eigenvalue weighted by Gasteiger charge is -2.13. The van der Waals surface area contributed by atoms with Crippen molar-refractivity contribution in [2.24, 2.45) is 0 Å². The van der Waals surface area contributed by atoms with E-state index >= 15 is 0 Å². The number of rotatable bonds is 4. The largest absolute Gasteiger partial charge is 0.496 e. The molecule has 0 aliphatic rings. The van der Waals surface area contributed by atoms with Crippen molar-refractivity contribution in [1.82, 2.24) is 0 Å². The van der Waals surface area contributed by atoms with Gasteiger partial charge in [-0.3, -0.25) is 0 Å². The lowest BCUT2D eigenvalue weighted by Crippen LogP contribution is -2.03. The second-order valence-corrected chi connectivity index (χ2v) is 5.54. The zero-order valence-electron chi connectivity index (χ0n) is 11.5. The van der Waals surface area contributed by atoms with Crippen LogP contribution in [0.2, 0.25) is 0 Å². The number of aryl methyl sites for hydroxylation is 2. The third kappa shape index (κ3) is 3.51. The number of ether oxygens (including phenoxy) is 1. The Morgan fingerprint density at radius 1 is 1.11 bits per heavy atom. The van der Waals surface area contributed by atoms with Crippen molar-refractivity contribution >= 4 is 21.6 Å². The van der Waals surface area contributed by atoms with Crippen LogP contribution in [0.25, 0.3) is 0 Å². The summed E-state index contributed by atoms with van der Waals surface area (Å²) in [6.07, 6.45) is 0. The van der Waals surface area contributed by atoms with E-state index in [-0.39, 0.29) is 0 Å². The molecule has 0 fully saturated rings. The molecule has 19 heavy (non-hydrogen) atoms. The molecule has 2 aromatic carbocycles. The molecule has 2 nitrogen and oxygen atoms in total. The first-order valence-electron chi connectivity index (χ1n) is 6.23. The zero-order chi connectivity index (χ0) is 13.8. The molecule has 0 spiro atoms. The van der Waals surface area contributed by atoms with Gasteiger partial charge in [0.1, 0.15) is 5.75 Å². The van der Waals surface area contributed by atoms with E-state index in [9.17, 15) is 0 Å². The minimum atomic E-state index is 0.757. The molecular weight excluding hydrogens is 302 g/mol. The average molecular weight is 320 g/mol. The van der Waals surface area contributed by atoms with Gasteiger partial charge >= 0.3 is 0 Å². The Labute approximate surface area is 122 Å². The van der Waals surface area contributed by atoms with Crippen LogP contribution in [-0.4, -0.2) is 7.11 Å². The van der Waals surface area contributed by atoms with E-state index < -0.39 is 0 Å². The fourth-order valence-electron chi connectivity index (χ4n) is 2.06. The van der Waals surface area contributed by atoms with Gasteiger partial charge in [0.05, 0.1) is 7.11 Å². The van der Waals surface area contributed by atoms with Gasteiger partial charge in [-0.05, 0) is 43.7 Å². The van der Waals surface area contributed by atoms with Crippen LogP contribution >= 0.6 is 15.9 Å². The van der Waals surface area contributed by atoms with E-state index in [0.717, 1.165) is 22.5 Å². The van der Waals surface area contributed by atoms with Gasteiger partial charge < -0.3 is 10.1 Å². The summed E-state index contributed by atoms with van der Waals surface area (Å²) < 4.78 is 6.49. The molecule has 0 bridgehead atoms. The van der Waals surface area contributed by atoms with Crippen molar-refractivity contribution in [1.29, 1.82) is 0 Å². The SMILES string of the molecule is COc1ccc(C)cc1CNc1ccc(Br)cc1C. The quantitative estimate of drug-likeness (QED) is 0.883. The Balaban J connectivity index is 2.16. The number of benzene rings is 2. The van der Waals surface area contributed by atoms with Crippen molar-refractivity contribution < 1.29 is 4.74 Å². The molecule has 0 unspecified atom stereocenters. The maximum Gasteiger partial charge on any atom is 0.123 e.